The summed E-state index contributed by atoms with van der Waals surface area (Å²) in [7, 11) is 2.00. The third kappa shape index (κ3) is 3.30. The molecule has 1 aliphatic heterocycles. The van der Waals surface area contributed by atoms with Gasteiger partial charge in [0.05, 0.1) is 17.8 Å². The number of nitrogens with zero attached hydrogens (tertiary/aromatic N) is 2. The van der Waals surface area contributed by atoms with Gasteiger partial charge in [0.25, 0.3) is 0 Å². The Kier molecular flexibility index (Phi) is 4.57. The molecule has 0 spiro atoms. The average molecular weight is 237 g/mol. The Morgan fingerprint density at radius 1 is 1.59 bits per heavy atom. The minimum absolute atomic E-state index is 0.357. The van der Waals surface area contributed by atoms with Crippen molar-refractivity contribution >= 4 is 0 Å². The number of nitrogens with one attached hydrogen (secondary N) is 1. The van der Waals surface area contributed by atoms with E-state index < -0.39 is 0 Å². The summed E-state index contributed by atoms with van der Waals surface area (Å²) in [6.07, 6.45) is 7.03. The molecule has 4 nitrogen and oxygen atoms in total. The summed E-state index contributed by atoms with van der Waals surface area (Å²) in [6, 6.07) is 2.45. The van der Waals surface area contributed by atoms with Gasteiger partial charge in [0.2, 0.25) is 0 Å². The summed E-state index contributed by atoms with van der Waals surface area (Å²) in [5.74, 6) is 0. The van der Waals surface area contributed by atoms with Gasteiger partial charge in [0.15, 0.2) is 0 Å². The van der Waals surface area contributed by atoms with Crippen LogP contribution in [0.4, 0.5) is 0 Å². The summed E-state index contributed by atoms with van der Waals surface area (Å²) < 4.78 is 7.78. The fourth-order valence-electron chi connectivity index (χ4n) is 2.54. The van der Waals surface area contributed by atoms with Crippen molar-refractivity contribution in [3.63, 3.8) is 0 Å². The van der Waals surface area contributed by atoms with Gasteiger partial charge in [-0.25, -0.2) is 0 Å². The highest BCUT2D eigenvalue weighted by Gasteiger charge is 2.21. The van der Waals surface area contributed by atoms with Crippen LogP contribution in [0.5, 0.6) is 0 Å². The second kappa shape index (κ2) is 6.17. The maximum atomic E-state index is 5.82. The van der Waals surface area contributed by atoms with Crippen LogP contribution < -0.4 is 5.32 Å². The van der Waals surface area contributed by atoms with Crippen molar-refractivity contribution in [2.45, 2.75) is 44.8 Å². The van der Waals surface area contributed by atoms with Crippen molar-refractivity contribution in [3.8, 4) is 0 Å². The Hall–Kier alpha value is -0.870. The van der Waals surface area contributed by atoms with E-state index in [4.69, 9.17) is 4.74 Å². The van der Waals surface area contributed by atoms with E-state index in [1.807, 2.05) is 17.9 Å². The third-order valence-corrected chi connectivity index (χ3v) is 3.44. The number of rotatable bonds is 5. The molecular weight excluding hydrogens is 214 g/mol. The minimum Gasteiger partial charge on any atom is -0.378 e. The largest absolute Gasteiger partial charge is 0.378 e. The molecule has 1 fully saturated rings. The molecule has 17 heavy (non-hydrogen) atoms. The topological polar surface area (TPSA) is 39.1 Å². The molecule has 1 N–H and O–H groups in total. The second-order valence-electron chi connectivity index (χ2n) is 4.71. The SMILES string of the molecule is CCNC(CC1CCCCO1)c1ccnn1C. The molecule has 0 bridgehead atoms. The van der Waals surface area contributed by atoms with Gasteiger partial charge in [0, 0.05) is 19.9 Å². The fourth-order valence-corrected chi connectivity index (χ4v) is 2.54. The van der Waals surface area contributed by atoms with Crippen molar-refractivity contribution in [3.05, 3.63) is 18.0 Å². The van der Waals surface area contributed by atoms with Gasteiger partial charge >= 0.3 is 0 Å². The Morgan fingerprint density at radius 3 is 3.06 bits per heavy atom. The molecule has 2 atom stereocenters. The lowest BCUT2D eigenvalue weighted by Gasteiger charge is -2.27. The zero-order valence-corrected chi connectivity index (χ0v) is 10.9. The molecule has 96 valence electrons. The Morgan fingerprint density at radius 2 is 2.47 bits per heavy atom. The van der Waals surface area contributed by atoms with E-state index >= 15 is 0 Å². The van der Waals surface area contributed by atoms with Crippen LogP contribution in [0.3, 0.4) is 0 Å². The molecule has 1 saturated heterocycles. The first-order valence-electron chi connectivity index (χ1n) is 6.64. The maximum Gasteiger partial charge on any atom is 0.0593 e. The van der Waals surface area contributed by atoms with E-state index in [9.17, 15) is 0 Å². The van der Waals surface area contributed by atoms with E-state index in [2.05, 4.69) is 23.4 Å². The van der Waals surface area contributed by atoms with Gasteiger partial charge in [-0.05, 0) is 38.3 Å². The van der Waals surface area contributed by atoms with Gasteiger partial charge in [0.1, 0.15) is 0 Å². The highest BCUT2D eigenvalue weighted by atomic mass is 16.5. The molecule has 1 aromatic heterocycles. The van der Waals surface area contributed by atoms with Gasteiger partial charge in [-0.2, -0.15) is 5.10 Å². The monoisotopic (exact) mass is 237 g/mol. The Balaban J connectivity index is 1.99. The highest BCUT2D eigenvalue weighted by Crippen LogP contribution is 2.24. The van der Waals surface area contributed by atoms with Crippen LogP contribution in [0.25, 0.3) is 0 Å². The van der Waals surface area contributed by atoms with Crippen LogP contribution in [0.2, 0.25) is 0 Å². The lowest BCUT2D eigenvalue weighted by Crippen LogP contribution is -2.30. The predicted molar refractivity (Wildman–Crippen MR) is 67.8 cm³/mol. The molecule has 2 rings (SSSR count). The van der Waals surface area contributed by atoms with Crippen molar-refractivity contribution in [2.24, 2.45) is 7.05 Å². The van der Waals surface area contributed by atoms with E-state index in [1.54, 1.807) is 0 Å². The highest BCUT2D eigenvalue weighted by molar-refractivity contribution is 5.07. The quantitative estimate of drug-likeness (QED) is 0.851. The van der Waals surface area contributed by atoms with Crippen LogP contribution in [0, 0.1) is 0 Å². The van der Waals surface area contributed by atoms with Gasteiger partial charge in [-0.3, -0.25) is 4.68 Å². The van der Waals surface area contributed by atoms with Gasteiger partial charge in [-0.1, -0.05) is 6.92 Å². The van der Waals surface area contributed by atoms with Crippen molar-refractivity contribution < 1.29 is 4.74 Å². The number of aromatic nitrogens is 2. The molecule has 0 aliphatic carbocycles. The summed E-state index contributed by atoms with van der Waals surface area (Å²) in [4.78, 5) is 0. The molecule has 4 heteroatoms. The Bertz CT molecular complexity index is 331. The predicted octanol–water partition coefficient (Wildman–Crippen LogP) is 2.03. The van der Waals surface area contributed by atoms with Crippen LogP contribution in [-0.2, 0) is 11.8 Å². The summed E-state index contributed by atoms with van der Waals surface area (Å²) >= 11 is 0. The molecule has 0 amide bonds. The van der Waals surface area contributed by atoms with Crippen molar-refractivity contribution in [2.75, 3.05) is 13.2 Å². The van der Waals surface area contributed by atoms with E-state index in [-0.39, 0.29) is 0 Å². The minimum atomic E-state index is 0.357. The van der Waals surface area contributed by atoms with Crippen LogP contribution in [-0.4, -0.2) is 29.0 Å². The molecule has 0 aromatic carbocycles. The number of ether oxygens (including phenoxy) is 1. The van der Waals surface area contributed by atoms with Crippen molar-refractivity contribution in [1.82, 2.24) is 15.1 Å². The fraction of sp³-hybridized carbons (Fsp3) is 0.769. The van der Waals surface area contributed by atoms with Crippen LogP contribution >= 0.6 is 0 Å². The molecule has 0 radical (unpaired) electrons. The number of hydrogen-bond acceptors (Lipinski definition) is 3. The molecule has 1 aromatic rings. The molecule has 0 saturated carbocycles. The van der Waals surface area contributed by atoms with Crippen LogP contribution in [0.15, 0.2) is 12.3 Å². The standard InChI is InChI=1S/C13H23N3O/c1-3-14-12(13-7-8-15-16(13)2)10-11-6-4-5-9-17-11/h7-8,11-12,14H,3-6,9-10H2,1-2H3. The van der Waals surface area contributed by atoms with Gasteiger partial charge < -0.3 is 10.1 Å². The summed E-state index contributed by atoms with van der Waals surface area (Å²) in [5.41, 5.74) is 1.25. The van der Waals surface area contributed by atoms with Crippen LogP contribution in [0.1, 0.15) is 44.3 Å². The number of hydrogen-bond donors (Lipinski definition) is 1. The van der Waals surface area contributed by atoms with E-state index in [1.165, 1.54) is 25.0 Å². The van der Waals surface area contributed by atoms with E-state index in [0.717, 1.165) is 19.6 Å². The first-order chi connectivity index (χ1) is 8.31. The normalized spacial score (nSPS) is 22.6. The Labute approximate surface area is 103 Å². The van der Waals surface area contributed by atoms with E-state index in [0.29, 0.717) is 12.1 Å². The molecule has 2 unspecified atom stereocenters. The zero-order valence-electron chi connectivity index (χ0n) is 10.9. The lowest BCUT2D eigenvalue weighted by atomic mass is 10.00. The molecule has 1 aliphatic rings. The lowest BCUT2D eigenvalue weighted by molar-refractivity contribution is 0.00468. The smallest absolute Gasteiger partial charge is 0.0593 e. The molecular formula is C13H23N3O. The summed E-state index contributed by atoms with van der Waals surface area (Å²) in [5, 5.41) is 7.78. The maximum absolute atomic E-state index is 5.82. The second-order valence-corrected chi connectivity index (χ2v) is 4.71. The van der Waals surface area contributed by atoms with Gasteiger partial charge in [-0.15, -0.1) is 0 Å². The van der Waals surface area contributed by atoms with Crippen molar-refractivity contribution in [1.29, 1.82) is 0 Å². The zero-order chi connectivity index (χ0) is 12.1. The average Bonchev–Trinajstić information content (AvgIpc) is 2.76. The molecule has 2 heterocycles. The first kappa shape index (κ1) is 12.6. The third-order valence-electron chi connectivity index (χ3n) is 3.44. The summed E-state index contributed by atoms with van der Waals surface area (Å²) in [6.45, 7) is 4.04. The first-order valence-corrected chi connectivity index (χ1v) is 6.64. The number of aryl methyl sites for hydroxylation is 1.